The molecular weight excluding hydrogens is 520 g/mol. The van der Waals surface area contributed by atoms with Crippen LogP contribution in [0.1, 0.15) is 107 Å². The minimum atomic E-state index is -0.171. The van der Waals surface area contributed by atoms with Crippen LogP contribution in [0, 0.1) is 0 Å². The molecule has 2 N–H and O–H groups in total. The number of hydrogen-bond acceptors (Lipinski definition) is 5. The molecule has 2 aliphatic rings. The molecule has 0 saturated carbocycles. The van der Waals surface area contributed by atoms with Gasteiger partial charge in [-0.25, -0.2) is 4.79 Å². The minimum Gasteiger partial charge on any atom is -0.449 e. The molecule has 6 nitrogen and oxygen atoms in total. The first-order valence-corrected chi connectivity index (χ1v) is 17.0. The predicted octanol–water partition coefficient (Wildman–Crippen LogP) is 7.70. The van der Waals surface area contributed by atoms with Crippen LogP contribution in [0.15, 0.2) is 48.5 Å². The molecule has 1 fully saturated rings. The van der Waals surface area contributed by atoms with Gasteiger partial charge < -0.3 is 15.4 Å². The fourth-order valence-electron chi connectivity index (χ4n) is 6.64. The Labute approximate surface area is 255 Å². The van der Waals surface area contributed by atoms with Gasteiger partial charge in [0.05, 0.1) is 12.6 Å². The summed E-state index contributed by atoms with van der Waals surface area (Å²) in [4.78, 5) is 20.8. The zero-order chi connectivity index (χ0) is 29.4. The number of benzene rings is 2. The maximum absolute atomic E-state index is 13.7. The predicted molar refractivity (Wildman–Crippen MR) is 175 cm³/mol. The third-order valence-electron chi connectivity index (χ3n) is 9.07. The molecule has 1 saturated heterocycles. The van der Waals surface area contributed by atoms with Crippen LogP contribution in [0.5, 0.6) is 0 Å². The number of hydrogen-bond donors (Lipinski definition) is 1. The number of nitrogens with two attached hydrogens (primary N) is 1. The van der Waals surface area contributed by atoms with Gasteiger partial charge in [-0.2, -0.15) is 0 Å². The Kier molecular flexibility index (Phi) is 14.0. The molecule has 1 aliphatic heterocycles. The molecule has 0 spiro atoms. The highest BCUT2D eigenvalue weighted by atomic mass is 16.6. The van der Waals surface area contributed by atoms with E-state index in [4.69, 9.17) is 10.5 Å². The number of rotatable bonds is 17. The smallest absolute Gasteiger partial charge is 0.410 e. The van der Waals surface area contributed by atoms with Crippen molar-refractivity contribution in [3.8, 4) is 0 Å². The number of amides is 1. The second-order valence-corrected chi connectivity index (χ2v) is 12.3. The van der Waals surface area contributed by atoms with E-state index >= 15 is 0 Å². The van der Waals surface area contributed by atoms with Crippen molar-refractivity contribution in [1.82, 2.24) is 9.80 Å². The van der Waals surface area contributed by atoms with Crippen LogP contribution >= 0.6 is 0 Å². The highest BCUT2D eigenvalue weighted by Crippen LogP contribution is 2.38. The number of unbranched alkanes of at least 4 members (excludes halogenated alkanes) is 8. The molecule has 1 heterocycles. The molecule has 2 aromatic carbocycles. The second-order valence-electron chi connectivity index (χ2n) is 12.3. The lowest BCUT2D eigenvalue weighted by Gasteiger charge is -2.38. The summed E-state index contributed by atoms with van der Waals surface area (Å²) in [5.41, 5.74) is 10.7. The first-order valence-electron chi connectivity index (χ1n) is 17.0. The standard InChI is InChI=1S/C36H56N4O2/c1-2-23-38-24-26-39(27-25-38)33-21-20-32-18-15-19-35(34(32)29-33)40(30-31-16-11-10-12-17-31)36(41)42-28-14-9-7-5-3-4-6-8-13-22-37/h10-12,16-17,20-21,29,35H,2-9,13-15,18-19,22-28,30,37H2,1H3. The molecule has 0 aromatic heterocycles. The van der Waals surface area contributed by atoms with E-state index in [1.165, 1.54) is 68.3 Å². The SMILES string of the molecule is CCCN1CCN(c2ccc3c(c2)C(N(Cc2ccccc2)C(=O)OCCCCCCCCCCCN)CCC3)CC1. The van der Waals surface area contributed by atoms with Crippen molar-refractivity contribution in [3.63, 3.8) is 0 Å². The minimum absolute atomic E-state index is 0.0436. The van der Waals surface area contributed by atoms with Gasteiger partial charge >= 0.3 is 6.09 Å². The van der Waals surface area contributed by atoms with E-state index < -0.39 is 0 Å². The summed E-state index contributed by atoms with van der Waals surface area (Å²) < 4.78 is 5.96. The van der Waals surface area contributed by atoms with Crippen molar-refractivity contribution >= 4 is 11.8 Å². The van der Waals surface area contributed by atoms with Crippen molar-refractivity contribution < 1.29 is 9.53 Å². The van der Waals surface area contributed by atoms with Crippen LogP contribution in [-0.4, -0.2) is 61.8 Å². The largest absolute Gasteiger partial charge is 0.449 e. The normalized spacial score (nSPS) is 17.2. The maximum atomic E-state index is 13.7. The molecule has 4 rings (SSSR count). The third-order valence-corrected chi connectivity index (χ3v) is 9.07. The van der Waals surface area contributed by atoms with E-state index in [1.54, 1.807) is 0 Å². The van der Waals surface area contributed by atoms with E-state index in [-0.39, 0.29) is 12.1 Å². The van der Waals surface area contributed by atoms with Gasteiger partial charge in [-0.05, 0) is 80.4 Å². The monoisotopic (exact) mass is 576 g/mol. The average Bonchev–Trinajstić information content (AvgIpc) is 3.03. The number of carbonyl (C=O) groups is 1. The number of piperazine rings is 1. The lowest BCUT2D eigenvalue weighted by Crippen LogP contribution is -2.46. The molecule has 2 aromatic rings. The van der Waals surface area contributed by atoms with Crippen molar-refractivity contribution in [2.45, 2.75) is 103 Å². The lowest BCUT2D eigenvalue weighted by atomic mass is 9.86. The maximum Gasteiger partial charge on any atom is 0.410 e. The van der Waals surface area contributed by atoms with Gasteiger partial charge in [0.2, 0.25) is 0 Å². The molecule has 1 unspecified atom stereocenters. The van der Waals surface area contributed by atoms with Crippen LogP contribution in [0.3, 0.4) is 0 Å². The molecule has 1 atom stereocenters. The molecule has 1 amide bonds. The highest BCUT2D eigenvalue weighted by Gasteiger charge is 2.31. The van der Waals surface area contributed by atoms with Crippen molar-refractivity contribution in [2.24, 2.45) is 5.73 Å². The summed E-state index contributed by atoms with van der Waals surface area (Å²) in [6.45, 7) is 9.71. The van der Waals surface area contributed by atoms with Crippen LogP contribution in [0.25, 0.3) is 0 Å². The molecule has 42 heavy (non-hydrogen) atoms. The quantitative estimate of drug-likeness (QED) is 0.196. The van der Waals surface area contributed by atoms with Gasteiger partial charge in [0, 0.05) is 38.4 Å². The van der Waals surface area contributed by atoms with E-state index in [0.717, 1.165) is 76.8 Å². The zero-order valence-electron chi connectivity index (χ0n) is 26.3. The van der Waals surface area contributed by atoms with E-state index in [2.05, 4.69) is 59.2 Å². The van der Waals surface area contributed by atoms with Crippen LogP contribution in [-0.2, 0) is 17.7 Å². The summed E-state index contributed by atoms with van der Waals surface area (Å²) in [7, 11) is 0. The number of fused-ring (bicyclic) bond motifs is 1. The summed E-state index contributed by atoms with van der Waals surface area (Å²) in [6.07, 6.45) is 15.1. The molecular formula is C36H56N4O2. The van der Waals surface area contributed by atoms with Crippen molar-refractivity contribution in [2.75, 3.05) is 50.8 Å². The Hall–Kier alpha value is -2.57. The van der Waals surface area contributed by atoms with Gasteiger partial charge in [-0.3, -0.25) is 9.80 Å². The van der Waals surface area contributed by atoms with Gasteiger partial charge in [0.15, 0.2) is 0 Å². The molecule has 0 radical (unpaired) electrons. The molecule has 6 heteroatoms. The molecule has 232 valence electrons. The fraction of sp³-hybridized carbons (Fsp3) is 0.639. The highest BCUT2D eigenvalue weighted by molar-refractivity contribution is 5.69. The summed E-state index contributed by atoms with van der Waals surface area (Å²) in [6, 6.07) is 17.4. The van der Waals surface area contributed by atoms with E-state index in [9.17, 15) is 4.79 Å². The summed E-state index contributed by atoms with van der Waals surface area (Å²) in [5.74, 6) is 0. The topological polar surface area (TPSA) is 62.0 Å². The Morgan fingerprint density at radius 3 is 2.29 bits per heavy atom. The summed E-state index contributed by atoms with van der Waals surface area (Å²) >= 11 is 0. The third kappa shape index (κ3) is 10.0. The number of anilines is 1. The van der Waals surface area contributed by atoms with Crippen LogP contribution in [0.4, 0.5) is 10.5 Å². The molecule has 0 bridgehead atoms. The fourth-order valence-corrected chi connectivity index (χ4v) is 6.64. The Balaban J connectivity index is 1.36. The number of carbonyl (C=O) groups excluding carboxylic acids is 1. The van der Waals surface area contributed by atoms with Crippen LogP contribution < -0.4 is 10.6 Å². The van der Waals surface area contributed by atoms with Gasteiger partial charge in [0.25, 0.3) is 0 Å². The van der Waals surface area contributed by atoms with Crippen LogP contribution in [0.2, 0.25) is 0 Å². The van der Waals surface area contributed by atoms with Crippen molar-refractivity contribution in [1.29, 1.82) is 0 Å². The van der Waals surface area contributed by atoms with Gasteiger partial charge in [-0.15, -0.1) is 0 Å². The Bertz CT molecular complexity index is 1040. The Morgan fingerprint density at radius 2 is 1.60 bits per heavy atom. The van der Waals surface area contributed by atoms with E-state index in [1.807, 2.05) is 11.0 Å². The number of aryl methyl sites for hydroxylation is 1. The second kappa shape index (κ2) is 18.2. The summed E-state index contributed by atoms with van der Waals surface area (Å²) in [5, 5.41) is 0. The molecule has 1 aliphatic carbocycles. The van der Waals surface area contributed by atoms with Gasteiger partial charge in [-0.1, -0.05) is 88.3 Å². The zero-order valence-corrected chi connectivity index (χ0v) is 26.3. The lowest BCUT2D eigenvalue weighted by molar-refractivity contribution is 0.0768. The van der Waals surface area contributed by atoms with E-state index in [0.29, 0.717) is 13.2 Å². The first-order chi connectivity index (χ1) is 20.7. The van der Waals surface area contributed by atoms with Gasteiger partial charge in [0.1, 0.15) is 0 Å². The average molecular weight is 577 g/mol. The van der Waals surface area contributed by atoms with Crippen molar-refractivity contribution in [3.05, 3.63) is 65.2 Å². The first kappa shape index (κ1) is 32.3. The number of ether oxygens (including phenoxy) is 1. The number of nitrogens with zero attached hydrogens (tertiary/aromatic N) is 3. The Morgan fingerprint density at radius 1 is 0.905 bits per heavy atom.